The van der Waals surface area contributed by atoms with Gasteiger partial charge >= 0.3 is 0 Å². The van der Waals surface area contributed by atoms with Crippen molar-refractivity contribution in [1.29, 1.82) is 0 Å². The van der Waals surface area contributed by atoms with Crippen LogP contribution in [0.3, 0.4) is 0 Å². The largest absolute Gasteiger partial charge is 0.357 e. The van der Waals surface area contributed by atoms with Gasteiger partial charge in [-0.2, -0.15) is 0 Å². The molecule has 1 aliphatic heterocycles. The summed E-state index contributed by atoms with van der Waals surface area (Å²) in [5, 5.41) is 2.45. The van der Waals surface area contributed by atoms with Gasteiger partial charge in [0.25, 0.3) is 0 Å². The molecule has 0 atom stereocenters. The van der Waals surface area contributed by atoms with Gasteiger partial charge in [-0.15, -0.1) is 0 Å². The van der Waals surface area contributed by atoms with Gasteiger partial charge in [0.15, 0.2) is 0 Å². The van der Waals surface area contributed by atoms with Crippen LogP contribution in [0.2, 0.25) is 0 Å². The molecule has 1 aliphatic rings. The average molecular weight is 470 g/mol. The molecule has 0 radical (unpaired) electrons. The smallest absolute Gasteiger partial charge is 0.128 e. The Kier molecular flexibility index (Phi) is 7.33. The molecule has 1 aromatic carbocycles. The minimum atomic E-state index is 0.851. The zero-order valence-electron chi connectivity index (χ0n) is 21.6. The molecule has 0 bridgehead atoms. The van der Waals surface area contributed by atoms with Gasteiger partial charge in [-0.1, -0.05) is 26.0 Å². The van der Waals surface area contributed by atoms with Crippen molar-refractivity contribution in [2.75, 3.05) is 37.6 Å². The third-order valence-electron chi connectivity index (χ3n) is 7.76. The van der Waals surface area contributed by atoms with Crippen LogP contribution in [0, 0.1) is 5.92 Å². The fraction of sp³-hybridized carbons (Fsp3) is 0.467. The van der Waals surface area contributed by atoms with Crippen LogP contribution < -0.4 is 4.90 Å². The second kappa shape index (κ2) is 10.8. The van der Waals surface area contributed by atoms with E-state index in [9.17, 15) is 0 Å². The first-order valence-corrected chi connectivity index (χ1v) is 13.4. The topological polar surface area (TPSA) is 37.2 Å². The minimum Gasteiger partial charge on any atom is -0.357 e. The Morgan fingerprint density at radius 1 is 0.857 bits per heavy atom. The zero-order chi connectivity index (χ0) is 24.2. The molecule has 0 spiro atoms. The van der Waals surface area contributed by atoms with Crippen molar-refractivity contribution in [1.82, 2.24) is 19.4 Å². The standard InChI is InChI=1S/C30H39N5/c1-4-15-34(16-5-2)17-11-23-12-18-35(19-13-23)30-9-7-25(21-32-30)24-6-8-26-27-22-31-14-10-28(27)33(3)29(26)20-24/h6-10,14,20-23H,4-5,11-13,15-19H2,1-3H3. The quantitative estimate of drug-likeness (QED) is 0.280. The summed E-state index contributed by atoms with van der Waals surface area (Å²) < 4.78 is 2.26. The highest BCUT2D eigenvalue weighted by molar-refractivity contribution is 6.08. The predicted octanol–water partition coefficient (Wildman–Crippen LogP) is 6.52. The summed E-state index contributed by atoms with van der Waals surface area (Å²) in [5.74, 6) is 1.96. The number of rotatable bonds is 9. The van der Waals surface area contributed by atoms with E-state index in [1.807, 2.05) is 18.6 Å². The lowest BCUT2D eigenvalue weighted by molar-refractivity contribution is 0.239. The molecule has 5 rings (SSSR count). The third kappa shape index (κ3) is 5.06. The third-order valence-corrected chi connectivity index (χ3v) is 7.76. The molecule has 0 N–H and O–H groups in total. The second-order valence-electron chi connectivity index (χ2n) is 10.1. The number of aryl methyl sites for hydroxylation is 1. The molecule has 5 heteroatoms. The molecule has 184 valence electrons. The summed E-state index contributed by atoms with van der Waals surface area (Å²) >= 11 is 0. The lowest BCUT2D eigenvalue weighted by Crippen LogP contribution is -2.36. The van der Waals surface area contributed by atoms with Crippen molar-refractivity contribution in [3.63, 3.8) is 0 Å². The molecular formula is C30H39N5. The van der Waals surface area contributed by atoms with Crippen LogP contribution in [0.1, 0.15) is 46.0 Å². The Morgan fingerprint density at radius 2 is 1.63 bits per heavy atom. The summed E-state index contributed by atoms with van der Waals surface area (Å²) in [6.07, 6.45) is 12.3. The number of piperidine rings is 1. The first kappa shape index (κ1) is 23.8. The van der Waals surface area contributed by atoms with Gasteiger partial charge in [0.05, 0.1) is 5.52 Å². The molecule has 0 unspecified atom stereocenters. The van der Waals surface area contributed by atoms with Gasteiger partial charge in [-0.3, -0.25) is 4.98 Å². The molecule has 3 aromatic heterocycles. The molecule has 4 aromatic rings. The summed E-state index contributed by atoms with van der Waals surface area (Å²) in [4.78, 5) is 14.3. The molecule has 1 saturated heterocycles. The van der Waals surface area contributed by atoms with Crippen LogP contribution in [0.15, 0.2) is 55.0 Å². The van der Waals surface area contributed by atoms with E-state index in [4.69, 9.17) is 4.98 Å². The number of pyridine rings is 2. The fourth-order valence-corrected chi connectivity index (χ4v) is 5.76. The first-order chi connectivity index (χ1) is 17.2. The lowest BCUT2D eigenvalue weighted by atomic mass is 9.93. The lowest BCUT2D eigenvalue weighted by Gasteiger charge is -2.34. The molecule has 0 aliphatic carbocycles. The van der Waals surface area contributed by atoms with Crippen molar-refractivity contribution in [2.24, 2.45) is 13.0 Å². The van der Waals surface area contributed by atoms with Crippen LogP contribution in [0.5, 0.6) is 0 Å². The van der Waals surface area contributed by atoms with E-state index in [1.165, 1.54) is 84.7 Å². The minimum absolute atomic E-state index is 0.851. The Bertz CT molecular complexity index is 1250. The Labute approximate surface area is 209 Å². The molecule has 0 amide bonds. The second-order valence-corrected chi connectivity index (χ2v) is 10.1. The van der Waals surface area contributed by atoms with E-state index in [0.717, 1.165) is 24.8 Å². The van der Waals surface area contributed by atoms with Gasteiger partial charge in [-0.05, 0) is 87.5 Å². The molecule has 5 nitrogen and oxygen atoms in total. The van der Waals surface area contributed by atoms with E-state index < -0.39 is 0 Å². The number of fused-ring (bicyclic) bond motifs is 3. The molecule has 4 heterocycles. The molecule has 35 heavy (non-hydrogen) atoms. The zero-order valence-corrected chi connectivity index (χ0v) is 21.6. The normalized spacial score (nSPS) is 15.0. The summed E-state index contributed by atoms with van der Waals surface area (Å²) in [5.41, 5.74) is 4.82. The molecule has 1 fully saturated rings. The maximum absolute atomic E-state index is 4.87. The predicted molar refractivity (Wildman–Crippen MR) is 148 cm³/mol. The fourth-order valence-electron chi connectivity index (χ4n) is 5.76. The SMILES string of the molecule is CCCN(CCC)CCC1CCN(c2ccc(-c3ccc4c5cnccc5n(C)c4c3)cn2)CC1. The van der Waals surface area contributed by atoms with Gasteiger partial charge in [0.2, 0.25) is 0 Å². The van der Waals surface area contributed by atoms with E-state index in [-0.39, 0.29) is 0 Å². The summed E-state index contributed by atoms with van der Waals surface area (Å²) in [7, 11) is 2.13. The Morgan fingerprint density at radius 3 is 2.34 bits per heavy atom. The monoisotopic (exact) mass is 469 g/mol. The highest BCUT2D eigenvalue weighted by atomic mass is 15.2. The average Bonchev–Trinajstić information content (AvgIpc) is 3.19. The number of nitrogens with zero attached hydrogens (tertiary/aromatic N) is 5. The van der Waals surface area contributed by atoms with E-state index >= 15 is 0 Å². The van der Waals surface area contributed by atoms with Gasteiger partial charge in [0, 0.05) is 60.6 Å². The van der Waals surface area contributed by atoms with Crippen molar-refractivity contribution in [3.8, 4) is 11.1 Å². The summed E-state index contributed by atoms with van der Waals surface area (Å²) in [6.45, 7) is 10.6. The van der Waals surface area contributed by atoms with Crippen LogP contribution >= 0.6 is 0 Å². The maximum atomic E-state index is 4.87. The van der Waals surface area contributed by atoms with Crippen molar-refractivity contribution in [3.05, 3.63) is 55.0 Å². The number of hydrogen-bond acceptors (Lipinski definition) is 4. The highest BCUT2D eigenvalue weighted by Gasteiger charge is 2.21. The Hall–Kier alpha value is -2.92. The van der Waals surface area contributed by atoms with E-state index in [1.54, 1.807) is 0 Å². The van der Waals surface area contributed by atoms with Gasteiger partial charge in [0.1, 0.15) is 5.82 Å². The molecule has 0 saturated carbocycles. The van der Waals surface area contributed by atoms with Crippen LogP contribution in [0.25, 0.3) is 32.9 Å². The molecular weight excluding hydrogens is 430 g/mol. The number of anilines is 1. The first-order valence-electron chi connectivity index (χ1n) is 13.4. The van der Waals surface area contributed by atoms with Gasteiger partial charge < -0.3 is 14.4 Å². The van der Waals surface area contributed by atoms with Crippen molar-refractivity contribution in [2.45, 2.75) is 46.0 Å². The van der Waals surface area contributed by atoms with Crippen LogP contribution in [-0.4, -0.2) is 52.2 Å². The van der Waals surface area contributed by atoms with Crippen LogP contribution in [0.4, 0.5) is 5.82 Å². The number of aromatic nitrogens is 3. The van der Waals surface area contributed by atoms with Crippen molar-refractivity contribution >= 4 is 27.6 Å². The maximum Gasteiger partial charge on any atom is 0.128 e. The number of hydrogen-bond donors (Lipinski definition) is 0. The van der Waals surface area contributed by atoms with Gasteiger partial charge in [-0.25, -0.2) is 4.98 Å². The Balaban J connectivity index is 1.22. The van der Waals surface area contributed by atoms with E-state index in [0.29, 0.717) is 0 Å². The van der Waals surface area contributed by atoms with Crippen molar-refractivity contribution < 1.29 is 0 Å². The highest BCUT2D eigenvalue weighted by Crippen LogP contribution is 2.32. The van der Waals surface area contributed by atoms with Crippen LogP contribution in [-0.2, 0) is 7.05 Å². The summed E-state index contributed by atoms with van der Waals surface area (Å²) in [6, 6.07) is 13.2. The van der Waals surface area contributed by atoms with E-state index in [2.05, 4.69) is 76.6 Å². The number of benzene rings is 1.